The minimum Gasteiger partial charge on any atom is -0.369 e. The zero-order valence-electron chi connectivity index (χ0n) is 11.8. The molecule has 2 rings (SSSR count). The second kappa shape index (κ2) is 7.73. The van der Waals surface area contributed by atoms with Crippen molar-refractivity contribution in [2.75, 3.05) is 17.2 Å². The van der Waals surface area contributed by atoms with Crippen molar-refractivity contribution in [1.29, 1.82) is 0 Å². The molecule has 1 aromatic heterocycles. The highest BCUT2D eigenvalue weighted by molar-refractivity contribution is 9.10. The Morgan fingerprint density at radius 1 is 1.14 bits per heavy atom. The molecule has 1 heterocycles. The van der Waals surface area contributed by atoms with Gasteiger partial charge in [-0.15, -0.1) is 10.2 Å². The normalized spacial score (nSPS) is 10.2. The Morgan fingerprint density at radius 3 is 2.52 bits per heavy atom. The molecule has 110 valence electrons. The van der Waals surface area contributed by atoms with Crippen LogP contribution in [0.2, 0.25) is 0 Å². The summed E-state index contributed by atoms with van der Waals surface area (Å²) in [5.41, 5.74) is 0.560. The van der Waals surface area contributed by atoms with Crippen molar-refractivity contribution in [3.63, 3.8) is 0 Å². The fourth-order valence-corrected chi connectivity index (χ4v) is 2.18. The topological polar surface area (TPSA) is 66.9 Å². The molecule has 1 aromatic carbocycles. The van der Waals surface area contributed by atoms with Gasteiger partial charge in [-0.3, -0.25) is 4.79 Å². The SMILES string of the molecule is CCCCNc1ccc(NC(=O)c2ccccc2Br)nn1. The summed E-state index contributed by atoms with van der Waals surface area (Å²) in [6.07, 6.45) is 2.21. The van der Waals surface area contributed by atoms with Gasteiger partial charge in [0.2, 0.25) is 0 Å². The van der Waals surface area contributed by atoms with Gasteiger partial charge in [-0.05, 0) is 46.6 Å². The lowest BCUT2D eigenvalue weighted by Gasteiger charge is -2.07. The number of nitrogens with one attached hydrogen (secondary N) is 2. The number of carbonyl (C=O) groups excluding carboxylic acids is 1. The Labute approximate surface area is 132 Å². The molecular weight excluding hydrogens is 332 g/mol. The van der Waals surface area contributed by atoms with E-state index in [2.05, 4.69) is 43.7 Å². The molecule has 0 fully saturated rings. The highest BCUT2D eigenvalue weighted by Gasteiger charge is 2.10. The third-order valence-corrected chi connectivity index (χ3v) is 3.55. The third-order valence-electron chi connectivity index (χ3n) is 2.86. The third kappa shape index (κ3) is 4.53. The van der Waals surface area contributed by atoms with Crippen LogP contribution >= 0.6 is 15.9 Å². The molecule has 0 saturated heterocycles. The van der Waals surface area contributed by atoms with Crippen LogP contribution in [0.25, 0.3) is 0 Å². The van der Waals surface area contributed by atoms with Crippen LogP contribution in [0.3, 0.4) is 0 Å². The molecule has 0 aliphatic heterocycles. The monoisotopic (exact) mass is 348 g/mol. The minimum atomic E-state index is -0.219. The largest absolute Gasteiger partial charge is 0.369 e. The van der Waals surface area contributed by atoms with Crippen LogP contribution in [0.4, 0.5) is 11.6 Å². The summed E-state index contributed by atoms with van der Waals surface area (Å²) < 4.78 is 0.744. The summed E-state index contributed by atoms with van der Waals surface area (Å²) in [5.74, 6) is 0.919. The summed E-state index contributed by atoms with van der Waals surface area (Å²) >= 11 is 3.35. The predicted molar refractivity (Wildman–Crippen MR) is 87.5 cm³/mol. The number of carbonyl (C=O) groups is 1. The average molecular weight is 349 g/mol. The highest BCUT2D eigenvalue weighted by Crippen LogP contribution is 2.17. The first-order chi connectivity index (χ1) is 10.2. The first kappa shape index (κ1) is 15.4. The van der Waals surface area contributed by atoms with Crippen LogP contribution in [0, 0.1) is 0 Å². The number of amides is 1. The molecular formula is C15H17BrN4O. The first-order valence-electron chi connectivity index (χ1n) is 6.84. The van der Waals surface area contributed by atoms with Gasteiger partial charge in [0.15, 0.2) is 5.82 Å². The van der Waals surface area contributed by atoms with Gasteiger partial charge in [-0.2, -0.15) is 0 Å². The zero-order valence-corrected chi connectivity index (χ0v) is 13.4. The number of halogens is 1. The predicted octanol–water partition coefficient (Wildman–Crippen LogP) is 3.70. The van der Waals surface area contributed by atoms with E-state index >= 15 is 0 Å². The lowest BCUT2D eigenvalue weighted by Crippen LogP contribution is -2.14. The fraction of sp³-hybridized carbons (Fsp3) is 0.267. The highest BCUT2D eigenvalue weighted by atomic mass is 79.9. The van der Waals surface area contributed by atoms with E-state index in [1.54, 1.807) is 18.2 Å². The second-order valence-electron chi connectivity index (χ2n) is 4.52. The Hall–Kier alpha value is -1.95. The molecule has 0 saturated carbocycles. The van der Waals surface area contributed by atoms with Gasteiger partial charge in [0.25, 0.3) is 5.91 Å². The summed E-state index contributed by atoms with van der Waals surface area (Å²) in [5, 5.41) is 13.9. The standard InChI is InChI=1S/C15H17BrN4O/c1-2-3-10-17-13-8-9-14(20-19-13)18-15(21)11-6-4-5-7-12(11)16/h4-9H,2-3,10H2,1H3,(H,17,19)(H,18,20,21). The van der Waals surface area contributed by atoms with E-state index in [1.807, 2.05) is 18.2 Å². The molecule has 0 aliphatic carbocycles. The van der Waals surface area contributed by atoms with Crippen LogP contribution < -0.4 is 10.6 Å². The molecule has 1 amide bonds. The van der Waals surface area contributed by atoms with Crippen molar-refractivity contribution in [3.05, 3.63) is 46.4 Å². The van der Waals surface area contributed by atoms with Crippen LogP contribution in [0.15, 0.2) is 40.9 Å². The Balaban J connectivity index is 1.97. The maximum atomic E-state index is 12.1. The molecule has 5 nitrogen and oxygen atoms in total. The van der Waals surface area contributed by atoms with Gasteiger partial charge in [-0.25, -0.2) is 0 Å². The lowest BCUT2D eigenvalue weighted by molar-refractivity contribution is 0.102. The maximum Gasteiger partial charge on any atom is 0.258 e. The number of hydrogen-bond acceptors (Lipinski definition) is 4. The number of aromatic nitrogens is 2. The average Bonchev–Trinajstić information content (AvgIpc) is 2.49. The van der Waals surface area contributed by atoms with E-state index in [9.17, 15) is 4.79 Å². The summed E-state index contributed by atoms with van der Waals surface area (Å²) in [6.45, 7) is 3.00. The van der Waals surface area contributed by atoms with Gasteiger partial charge >= 0.3 is 0 Å². The van der Waals surface area contributed by atoms with Crippen molar-refractivity contribution in [3.8, 4) is 0 Å². The van der Waals surface area contributed by atoms with Gasteiger partial charge in [-0.1, -0.05) is 25.5 Å². The molecule has 0 bridgehead atoms. The molecule has 6 heteroatoms. The Kier molecular flexibility index (Phi) is 5.68. The van der Waals surface area contributed by atoms with E-state index < -0.39 is 0 Å². The maximum absolute atomic E-state index is 12.1. The first-order valence-corrected chi connectivity index (χ1v) is 7.63. The number of rotatable bonds is 6. The Bertz CT molecular complexity index is 601. The number of unbranched alkanes of at least 4 members (excludes halogenated alkanes) is 1. The number of hydrogen-bond donors (Lipinski definition) is 2. The lowest BCUT2D eigenvalue weighted by atomic mass is 10.2. The smallest absolute Gasteiger partial charge is 0.258 e. The molecule has 0 atom stereocenters. The molecule has 2 N–H and O–H groups in total. The molecule has 0 aliphatic rings. The van der Waals surface area contributed by atoms with Crippen LogP contribution in [-0.2, 0) is 0 Å². The van der Waals surface area contributed by atoms with Crippen LogP contribution in [0.5, 0.6) is 0 Å². The summed E-state index contributed by atoms with van der Waals surface area (Å²) in [4.78, 5) is 12.1. The summed E-state index contributed by atoms with van der Waals surface area (Å²) in [6, 6.07) is 10.8. The van der Waals surface area contributed by atoms with Gasteiger partial charge in [0, 0.05) is 11.0 Å². The van der Waals surface area contributed by atoms with E-state index in [-0.39, 0.29) is 5.91 Å². The quantitative estimate of drug-likeness (QED) is 0.781. The molecule has 21 heavy (non-hydrogen) atoms. The van der Waals surface area contributed by atoms with E-state index in [0.717, 1.165) is 23.9 Å². The second-order valence-corrected chi connectivity index (χ2v) is 5.37. The van der Waals surface area contributed by atoms with Crippen LogP contribution in [-0.4, -0.2) is 22.6 Å². The van der Waals surface area contributed by atoms with Gasteiger partial charge in [0.05, 0.1) is 5.56 Å². The van der Waals surface area contributed by atoms with Crippen molar-refractivity contribution < 1.29 is 4.79 Å². The van der Waals surface area contributed by atoms with Crippen molar-refractivity contribution in [2.24, 2.45) is 0 Å². The van der Waals surface area contributed by atoms with Gasteiger partial charge < -0.3 is 10.6 Å². The van der Waals surface area contributed by atoms with Crippen molar-refractivity contribution >= 4 is 33.5 Å². The number of nitrogens with zero attached hydrogens (tertiary/aromatic N) is 2. The van der Waals surface area contributed by atoms with E-state index in [0.29, 0.717) is 17.2 Å². The fourth-order valence-electron chi connectivity index (χ4n) is 1.72. The summed E-state index contributed by atoms with van der Waals surface area (Å²) in [7, 11) is 0. The number of benzene rings is 1. The zero-order chi connectivity index (χ0) is 15.1. The molecule has 0 radical (unpaired) electrons. The Morgan fingerprint density at radius 2 is 1.86 bits per heavy atom. The van der Waals surface area contributed by atoms with Crippen LogP contribution in [0.1, 0.15) is 30.1 Å². The van der Waals surface area contributed by atoms with Gasteiger partial charge in [0.1, 0.15) is 5.82 Å². The van der Waals surface area contributed by atoms with E-state index in [4.69, 9.17) is 0 Å². The molecule has 2 aromatic rings. The number of anilines is 2. The molecule has 0 spiro atoms. The van der Waals surface area contributed by atoms with Crippen molar-refractivity contribution in [1.82, 2.24) is 10.2 Å². The molecule has 0 unspecified atom stereocenters. The van der Waals surface area contributed by atoms with Crippen molar-refractivity contribution in [2.45, 2.75) is 19.8 Å². The van der Waals surface area contributed by atoms with E-state index in [1.165, 1.54) is 0 Å². The minimum absolute atomic E-state index is 0.219.